The highest BCUT2D eigenvalue weighted by Crippen LogP contribution is 2.21. The Hall–Kier alpha value is -1.56. The number of carbonyl (C=O) groups is 1. The number of rotatable bonds is 3. The number of carboxylic acid groups (broad SMARTS) is 1. The van der Waals surface area contributed by atoms with Crippen LogP contribution in [0.5, 0.6) is 0 Å². The van der Waals surface area contributed by atoms with Gasteiger partial charge in [0, 0.05) is 26.3 Å². The molecule has 0 radical (unpaired) electrons. The Morgan fingerprint density at radius 2 is 2.18 bits per heavy atom. The van der Waals surface area contributed by atoms with E-state index in [1.165, 1.54) is 0 Å². The molecular formula is C11H17N3O3. The molecule has 1 saturated heterocycles. The van der Waals surface area contributed by atoms with Gasteiger partial charge >= 0.3 is 5.97 Å². The number of nitrogens with one attached hydrogen (secondary N) is 1. The molecule has 0 atom stereocenters. The lowest BCUT2D eigenvalue weighted by atomic mass is 10.1. The van der Waals surface area contributed by atoms with Crippen LogP contribution in [-0.4, -0.2) is 40.1 Å². The topological polar surface area (TPSA) is 76.4 Å². The molecule has 2 N–H and O–H groups in total. The minimum absolute atomic E-state index is 0.261. The first-order valence-corrected chi connectivity index (χ1v) is 5.70. The first-order chi connectivity index (χ1) is 8.09. The van der Waals surface area contributed by atoms with Gasteiger partial charge in [-0.05, 0) is 19.8 Å². The summed E-state index contributed by atoms with van der Waals surface area (Å²) in [6.07, 6.45) is 1.78. The van der Waals surface area contributed by atoms with E-state index in [1.807, 2.05) is 0 Å². The first-order valence-electron chi connectivity index (χ1n) is 5.70. The Labute approximate surface area is 99.6 Å². The van der Waals surface area contributed by atoms with Gasteiger partial charge in [0.25, 0.3) is 0 Å². The predicted molar refractivity (Wildman–Crippen MR) is 62.4 cm³/mol. The molecule has 1 aromatic rings. The molecule has 0 bridgehead atoms. The van der Waals surface area contributed by atoms with Gasteiger partial charge in [0.15, 0.2) is 0 Å². The zero-order chi connectivity index (χ0) is 12.4. The van der Waals surface area contributed by atoms with Gasteiger partial charge < -0.3 is 15.2 Å². The molecule has 0 saturated carbocycles. The zero-order valence-electron chi connectivity index (χ0n) is 10.1. The Morgan fingerprint density at radius 1 is 1.53 bits per heavy atom. The van der Waals surface area contributed by atoms with Crippen molar-refractivity contribution in [3.63, 3.8) is 0 Å². The number of hydrogen-bond acceptors (Lipinski definition) is 4. The molecule has 1 aliphatic rings. The van der Waals surface area contributed by atoms with Crippen molar-refractivity contribution in [3.05, 3.63) is 11.3 Å². The number of ether oxygens (including phenoxy) is 1. The van der Waals surface area contributed by atoms with Crippen LogP contribution < -0.4 is 5.32 Å². The van der Waals surface area contributed by atoms with Crippen molar-refractivity contribution < 1.29 is 14.6 Å². The Balaban J connectivity index is 2.21. The minimum atomic E-state index is -0.940. The highest BCUT2D eigenvalue weighted by atomic mass is 16.5. The summed E-state index contributed by atoms with van der Waals surface area (Å²) in [5, 5.41) is 16.6. The number of anilines is 1. The highest BCUT2D eigenvalue weighted by molar-refractivity contribution is 5.94. The maximum absolute atomic E-state index is 11.2. The lowest BCUT2D eigenvalue weighted by molar-refractivity contribution is 0.0697. The summed E-state index contributed by atoms with van der Waals surface area (Å²) in [5.41, 5.74) is 0.800. The Bertz CT molecular complexity index is 422. The number of aromatic nitrogens is 2. The third-order valence-electron chi connectivity index (χ3n) is 3.00. The third kappa shape index (κ3) is 2.41. The van der Waals surface area contributed by atoms with Crippen LogP contribution >= 0.6 is 0 Å². The van der Waals surface area contributed by atoms with E-state index >= 15 is 0 Å². The molecule has 1 aliphatic heterocycles. The van der Waals surface area contributed by atoms with Crippen molar-refractivity contribution in [1.82, 2.24) is 9.78 Å². The summed E-state index contributed by atoms with van der Waals surface area (Å²) >= 11 is 0. The number of aromatic carboxylic acids is 1. The van der Waals surface area contributed by atoms with Crippen molar-refractivity contribution in [2.24, 2.45) is 7.05 Å². The lowest BCUT2D eigenvalue weighted by Crippen LogP contribution is -2.29. The summed E-state index contributed by atoms with van der Waals surface area (Å²) in [6.45, 7) is 3.15. The quantitative estimate of drug-likeness (QED) is 0.823. The summed E-state index contributed by atoms with van der Waals surface area (Å²) < 4.78 is 6.86. The van der Waals surface area contributed by atoms with Gasteiger partial charge in [-0.1, -0.05) is 0 Å². The fraction of sp³-hybridized carbons (Fsp3) is 0.636. The fourth-order valence-electron chi connectivity index (χ4n) is 2.12. The van der Waals surface area contributed by atoms with Gasteiger partial charge in [0.1, 0.15) is 11.4 Å². The van der Waals surface area contributed by atoms with Crippen LogP contribution in [0, 0.1) is 6.92 Å². The molecule has 0 aliphatic carbocycles. The summed E-state index contributed by atoms with van der Waals surface area (Å²) in [6, 6.07) is 0.261. The van der Waals surface area contributed by atoms with Crippen LogP contribution in [0.2, 0.25) is 0 Å². The molecule has 0 spiro atoms. The molecule has 17 heavy (non-hydrogen) atoms. The molecule has 2 rings (SSSR count). The number of hydrogen-bond donors (Lipinski definition) is 2. The minimum Gasteiger partial charge on any atom is -0.477 e. The molecule has 1 aromatic heterocycles. The fourth-order valence-corrected chi connectivity index (χ4v) is 2.12. The third-order valence-corrected chi connectivity index (χ3v) is 3.00. The molecule has 1 fully saturated rings. The van der Waals surface area contributed by atoms with Crippen LogP contribution in [0.15, 0.2) is 0 Å². The molecule has 6 heteroatoms. The van der Waals surface area contributed by atoms with Crippen LogP contribution in [0.3, 0.4) is 0 Å². The largest absolute Gasteiger partial charge is 0.477 e. The van der Waals surface area contributed by atoms with Crippen LogP contribution in [0.25, 0.3) is 0 Å². The summed E-state index contributed by atoms with van der Waals surface area (Å²) in [4.78, 5) is 11.2. The van der Waals surface area contributed by atoms with E-state index < -0.39 is 5.97 Å². The van der Waals surface area contributed by atoms with E-state index in [0.29, 0.717) is 11.5 Å². The summed E-state index contributed by atoms with van der Waals surface area (Å²) in [5.74, 6) is -0.355. The average Bonchev–Trinajstić information content (AvgIpc) is 2.55. The summed E-state index contributed by atoms with van der Waals surface area (Å²) in [7, 11) is 1.75. The zero-order valence-corrected chi connectivity index (χ0v) is 10.1. The Morgan fingerprint density at radius 3 is 2.76 bits per heavy atom. The van der Waals surface area contributed by atoms with E-state index in [0.717, 1.165) is 26.1 Å². The number of nitrogens with zero attached hydrogens (tertiary/aromatic N) is 2. The van der Waals surface area contributed by atoms with Gasteiger partial charge in [0.2, 0.25) is 0 Å². The molecule has 6 nitrogen and oxygen atoms in total. The normalized spacial score (nSPS) is 17.1. The van der Waals surface area contributed by atoms with Crippen molar-refractivity contribution in [1.29, 1.82) is 0 Å². The smallest absolute Gasteiger partial charge is 0.341 e. The molecule has 0 aromatic carbocycles. The van der Waals surface area contributed by atoms with E-state index in [1.54, 1.807) is 18.7 Å². The van der Waals surface area contributed by atoms with Crippen LogP contribution in [0.4, 0.5) is 5.82 Å². The van der Waals surface area contributed by atoms with E-state index in [9.17, 15) is 9.90 Å². The Kier molecular flexibility index (Phi) is 3.33. The van der Waals surface area contributed by atoms with Crippen LogP contribution in [0.1, 0.15) is 28.9 Å². The second-order valence-electron chi connectivity index (χ2n) is 4.27. The van der Waals surface area contributed by atoms with Crippen molar-refractivity contribution >= 4 is 11.8 Å². The maximum atomic E-state index is 11.2. The number of carboxylic acids is 1. The molecule has 94 valence electrons. The van der Waals surface area contributed by atoms with Gasteiger partial charge in [-0.25, -0.2) is 4.79 Å². The molecule has 2 heterocycles. The van der Waals surface area contributed by atoms with Gasteiger partial charge in [-0.2, -0.15) is 5.10 Å². The average molecular weight is 239 g/mol. The van der Waals surface area contributed by atoms with Crippen molar-refractivity contribution in [2.75, 3.05) is 18.5 Å². The second-order valence-corrected chi connectivity index (χ2v) is 4.27. The predicted octanol–water partition coefficient (Wildman–Crippen LogP) is 1.02. The lowest BCUT2D eigenvalue weighted by Gasteiger charge is -2.24. The van der Waals surface area contributed by atoms with E-state index in [-0.39, 0.29) is 11.6 Å². The van der Waals surface area contributed by atoms with Gasteiger partial charge in [-0.3, -0.25) is 4.68 Å². The van der Waals surface area contributed by atoms with Gasteiger partial charge in [0.05, 0.1) is 5.69 Å². The van der Waals surface area contributed by atoms with Crippen molar-refractivity contribution in [2.45, 2.75) is 25.8 Å². The van der Waals surface area contributed by atoms with Crippen LogP contribution in [-0.2, 0) is 11.8 Å². The van der Waals surface area contributed by atoms with E-state index in [2.05, 4.69) is 10.4 Å². The SMILES string of the molecule is Cc1nn(C)c(NC2CCOCC2)c1C(=O)O. The molecule has 0 amide bonds. The second kappa shape index (κ2) is 4.75. The standard InChI is InChI=1S/C11H17N3O3/c1-7-9(11(15)16)10(14(2)13-7)12-8-3-5-17-6-4-8/h8,12H,3-6H2,1-2H3,(H,15,16). The molecule has 0 unspecified atom stereocenters. The maximum Gasteiger partial charge on any atom is 0.341 e. The molecular weight excluding hydrogens is 222 g/mol. The number of aryl methyl sites for hydroxylation is 2. The van der Waals surface area contributed by atoms with Gasteiger partial charge in [-0.15, -0.1) is 0 Å². The highest BCUT2D eigenvalue weighted by Gasteiger charge is 2.22. The monoisotopic (exact) mass is 239 g/mol. The van der Waals surface area contributed by atoms with E-state index in [4.69, 9.17) is 4.74 Å². The first kappa shape index (κ1) is 11.9. The van der Waals surface area contributed by atoms with Crippen molar-refractivity contribution in [3.8, 4) is 0 Å².